The van der Waals surface area contributed by atoms with Gasteiger partial charge in [0.15, 0.2) is 0 Å². The van der Waals surface area contributed by atoms with Crippen LogP contribution in [0.1, 0.15) is 21.5 Å². The Morgan fingerprint density at radius 2 is 1.75 bits per heavy atom. The van der Waals surface area contributed by atoms with Crippen molar-refractivity contribution in [2.75, 3.05) is 57.9 Å². The largest absolute Gasteiger partial charge is 0.378 e. The van der Waals surface area contributed by atoms with E-state index in [1.165, 1.54) is 0 Å². The predicted molar refractivity (Wildman–Crippen MR) is 125 cm³/mol. The third-order valence-corrected chi connectivity index (χ3v) is 6.44. The van der Waals surface area contributed by atoms with Gasteiger partial charge in [0, 0.05) is 57.6 Å². The highest BCUT2D eigenvalue weighted by Gasteiger charge is 2.34. The summed E-state index contributed by atoms with van der Waals surface area (Å²) in [5, 5.41) is 2.78. The van der Waals surface area contributed by atoms with Crippen molar-refractivity contribution >= 4 is 17.5 Å². The molecule has 2 fully saturated rings. The number of likely N-dealkylation sites (N-methyl/N-ethyl adjacent to an activating group) is 1. The summed E-state index contributed by atoms with van der Waals surface area (Å²) < 4.78 is 5.47. The number of carbonyl (C=O) groups excluding carboxylic acids is 2. The number of anilines is 1. The fourth-order valence-electron chi connectivity index (χ4n) is 4.60. The number of hydrogen-bond donors (Lipinski definition) is 1. The zero-order valence-corrected chi connectivity index (χ0v) is 18.9. The first-order chi connectivity index (χ1) is 15.6. The molecule has 0 bridgehead atoms. The van der Waals surface area contributed by atoms with Crippen molar-refractivity contribution in [2.45, 2.75) is 19.5 Å². The maximum atomic E-state index is 13.5. The van der Waals surface area contributed by atoms with Gasteiger partial charge in [-0.3, -0.25) is 14.5 Å². The Bertz CT molecular complexity index is 943. The van der Waals surface area contributed by atoms with E-state index in [1.807, 2.05) is 42.2 Å². The van der Waals surface area contributed by atoms with E-state index >= 15 is 0 Å². The minimum absolute atomic E-state index is 0.00845. The Labute approximate surface area is 189 Å². The molecule has 0 unspecified atom stereocenters. The predicted octanol–water partition coefficient (Wildman–Crippen LogP) is 1.90. The monoisotopic (exact) mass is 436 g/mol. The van der Waals surface area contributed by atoms with E-state index < -0.39 is 0 Å². The Kier molecular flexibility index (Phi) is 7.07. The molecule has 0 saturated carbocycles. The molecule has 1 N–H and O–H groups in total. The third kappa shape index (κ3) is 4.79. The van der Waals surface area contributed by atoms with Crippen molar-refractivity contribution < 1.29 is 14.3 Å². The van der Waals surface area contributed by atoms with Crippen molar-refractivity contribution in [1.29, 1.82) is 0 Å². The second-order valence-electron chi connectivity index (χ2n) is 8.39. The Morgan fingerprint density at radius 1 is 1.00 bits per heavy atom. The van der Waals surface area contributed by atoms with Crippen LogP contribution in [0.25, 0.3) is 0 Å². The van der Waals surface area contributed by atoms with Crippen molar-refractivity contribution in [2.24, 2.45) is 0 Å². The lowest BCUT2D eigenvalue weighted by atomic mass is 10.0. The summed E-state index contributed by atoms with van der Waals surface area (Å²) in [7, 11) is 1.65. The average Bonchev–Trinajstić information content (AvgIpc) is 2.84. The van der Waals surface area contributed by atoms with Crippen LogP contribution in [0, 0.1) is 6.92 Å². The summed E-state index contributed by atoms with van der Waals surface area (Å²) >= 11 is 0. The van der Waals surface area contributed by atoms with Gasteiger partial charge < -0.3 is 19.9 Å². The van der Waals surface area contributed by atoms with Gasteiger partial charge in [-0.15, -0.1) is 0 Å². The molecular weight excluding hydrogens is 404 g/mol. The normalized spacial score (nSPS) is 19.6. The van der Waals surface area contributed by atoms with Crippen LogP contribution in [-0.2, 0) is 16.1 Å². The van der Waals surface area contributed by atoms with E-state index in [0.29, 0.717) is 45.0 Å². The van der Waals surface area contributed by atoms with Crippen LogP contribution >= 0.6 is 0 Å². The van der Waals surface area contributed by atoms with Gasteiger partial charge >= 0.3 is 0 Å². The molecule has 0 radical (unpaired) electrons. The molecule has 7 heteroatoms. The Balaban J connectivity index is 1.51. The van der Waals surface area contributed by atoms with E-state index in [2.05, 4.69) is 33.3 Å². The number of rotatable bonds is 5. The summed E-state index contributed by atoms with van der Waals surface area (Å²) in [5.74, 6) is -0.0666. The minimum Gasteiger partial charge on any atom is -0.378 e. The minimum atomic E-state index is -0.374. The summed E-state index contributed by atoms with van der Waals surface area (Å²) in [6.45, 7) is 7.40. The Morgan fingerprint density at radius 3 is 2.47 bits per heavy atom. The number of piperazine rings is 1. The highest BCUT2D eigenvalue weighted by atomic mass is 16.5. The molecule has 170 valence electrons. The Hall–Kier alpha value is -2.90. The zero-order chi connectivity index (χ0) is 22.5. The van der Waals surface area contributed by atoms with Crippen molar-refractivity contribution in [3.63, 3.8) is 0 Å². The molecule has 2 amide bonds. The van der Waals surface area contributed by atoms with Crippen LogP contribution in [0.3, 0.4) is 0 Å². The number of amides is 2. The summed E-state index contributed by atoms with van der Waals surface area (Å²) in [4.78, 5) is 32.5. The van der Waals surface area contributed by atoms with Gasteiger partial charge in [-0.1, -0.05) is 36.4 Å². The van der Waals surface area contributed by atoms with Gasteiger partial charge in [-0.25, -0.2) is 0 Å². The molecule has 7 nitrogen and oxygen atoms in total. The van der Waals surface area contributed by atoms with E-state index in [-0.39, 0.29) is 17.9 Å². The van der Waals surface area contributed by atoms with Gasteiger partial charge in [-0.2, -0.15) is 0 Å². The molecule has 4 rings (SSSR count). The first-order valence-electron chi connectivity index (χ1n) is 11.3. The van der Waals surface area contributed by atoms with Gasteiger partial charge in [0.1, 0.15) is 6.04 Å². The molecule has 2 saturated heterocycles. The average molecular weight is 437 g/mol. The summed E-state index contributed by atoms with van der Waals surface area (Å²) in [6.07, 6.45) is 0. The van der Waals surface area contributed by atoms with Crippen LogP contribution < -0.4 is 10.2 Å². The van der Waals surface area contributed by atoms with E-state index in [9.17, 15) is 9.59 Å². The molecule has 32 heavy (non-hydrogen) atoms. The molecular formula is C25H32N4O3. The first-order valence-corrected chi connectivity index (χ1v) is 11.3. The van der Waals surface area contributed by atoms with Crippen molar-refractivity contribution in [3.8, 4) is 0 Å². The number of ether oxygens (including phenoxy) is 1. The standard InChI is InChI=1S/C25H32N4O3/c1-19-21(9-6-10-22(19)27-13-15-32-16-14-27)25(31)29-12-11-28(23(18-29)24(30)26-2)17-20-7-4-3-5-8-20/h3-10,23H,11-18H2,1-2H3,(H,26,30)/t23-/m1/s1. The summed E-state index contributed by atoms with van der Waals surface area (Å²) in [6, 6.07) is 15.7. The quantitative estimate of drug-likeness (QED) is 0.776. The van der Waals surface area contributed by atoms with E-state index in [4.69, 9.17) is 4.74 Å². The number of benzene rings is 2. The molecule has 2 aromatic rings. The maximum Gasteiger partial charge on any atom is 0.254 e. The number of nitrogens with zero attached hydrogens (tertiary/aromatic N) is 3. The van der Waals surface area contributed by atoms with Gasteiger partial charge in [-0.05, 0) is 30.2 Å². The van der Waals surface area contributed by atoms with Crippen LogP contribution in [0.15, 0.2) is 48.5 Å². The molecule has 2 aromatic carbocycles. The number of carbonyl (C=O) groups is 2. The molecule has 2 aliphatic heterocycles. The lowest BCUT2D eigenvalue weighted by molar-refractivity contribution is -0.128. The second kappa shape index (κ2) is 10.1. The fourth-order valence-corrected chi connectivity index (χ4v) is 4.60. The highest BCUT2D eigenvalue weighted by Crippen LogP contribution is 2.26. The van der Waals surface area contributed by atoms with Gasteiger partial charge in [0.05, 0.1) is 13.2 Å². The summed E-state index contributed by atoms with van der Waals surface area (Å²) in [5.41, 5.74) is 3.95. The van der Waals surface area contributed by atoms with Crippen LogP contribution in [-0.4, -0.2) is 80.6 Å². The van der Waals surface area contributed by atoms with Gasteiger partial charge in [0.25, 0.3) is 5.91 Å². The molecule has 2 aliphatic rings. The highest BCUT2D eigenvalue weighted by molar-refractivity contribution is 5.97. The van der Waals surface area contributed by atoms with Crippen LogP contribution in [0.2, 0.25) is 0 Å². The van der Waals surface area contributed by atoms with Crippen molar-refractivity contribution in [3.05, 3.63) is 65.2 Å². The second-order valence-corrected chi connectivity index (χ2v) is 8.39. The third-order valence-electron chi connectivity index (χ3n) is 6.44. The maximum absolute atomic E-state index is 13.5. The first kappa shape index (κ1) is 22.3. The lowest BCUT2D eigenvalue weighted by Gasteiger charge is -2.40. The molecule has 1 atom stereocenters. The molecule has 0 aliphatic carbocycles. The molecule has 0 aromatic heterocycles. The molecule has 0 spiro atoms. The van der Waals surface area contributed by atoms with Crippen molar-refractivity contribution in [1.82, 2.24) is 15.1 Å². The van der Waals surface area contributed by atoms with Crippen LogP contribution in [0.4, 0.5) is 5.69 Å². The lowest BCUT2D eigenvalue weighted by Crippen LogP contribution is -2.59. The van der Waals surface area contributed by atoms with Gasteiger partial charge in [0.2, 0.25) is 5.91 Å². The number of morpholine rings is 1. The zero-order valence-electron chi connectivity index (χ0n) is 18.9. The number of nitrogens with one attached hydrogen (secondary N) is 1. The number of hydrogen-bond acceptors (Lipinski definition) is 5. The SMILES string of the molecule is CNC(=O)[C@H]1CN(C(=O)c2cccc(N3CCOCC3)c2C)CCN1Cc1ccccc1. The van der Waals surface area contributed by atoms with E-state index in [1.54, 1.807) is 7.05 Å². The fraction of sp³-hybridized carbons (Fsp3) is 0.440. The van der Waals surface area contributed by atoms with E-state index in [0.717, 1.165) is 29.9 Å². The smallest absolute Gasteiger partial charge is 0.254 e. The molecule has 2 heterocycles. The van der Waals surface area contributed by atoms with Crippen LogP contribution in [0.5, 0.6) is 0 Å². The topological polar surface area (TPSA) is 65.1 Å².